The number of aliphatic imine (C=N–C) groups is 1. The Balaban J connectivity index is 1.86. The van der Waals surface area contributed by atoms with Crippen LogP contribution < -0.4 is 4.90 Å². The van der Waals surface area contributed by atoms with Crippen molar-refractivity contribution in [2.75, 3.05) is 17.7 Å². The number of anilines is 1. The minimum atomic E-state index is -0.158. The van der Waals surface area contributed by atoms with Crippen LogP contribution in [0.3, 0.4) is 0 Å². The molecule has 0 N–H and O–H groups in total. The number of amidine groups is 1. The Morgan fingerprint density at radius 2 is 1.81 bits per heavy atom. The second-order valence-corrected chi connectivity index (χ2v) is 8.92. The van der Waals surface area contributed by atoms with Crippen LogP contribution in [-0.4, -0.2) is 41.0 Å². The van der Waals surface area contributed by atoms with Gasteiger partial charge in [-0.15, -0.1) is 0 Å². The van der Waals surface area contributed by atoms with E-state index >= 15 is 0 Å². The van der Waals surface area contributed by atoms with Crippen molar-refractivity contribution in [3.8, 4) is 0 Å². The summed E-state index contributed by atoms with van der Waals surface area (Å²) in [5, 5.41) is 2.15. The van der Waals surface area contributed by atoms with E-state index in [1.165, 1.54) is 26.2 Å². The SMILES string of the molecule is CC(=O)N(c1cc(Cl)c(Cl)cc1Cl)C1CSC(=NC2CCCCC2)N1C. The molecule has 0 radical (unpaired) electrons. The lowest BCUT2D eigenvalue weighted by molar-refractivity contribution is -0.117. The Morgan fingerprint density at radius 1 is 1.15 bits per heavy atom. The van der Waals surface area contributed by atoms with Crippen molar-refractivity contribution in [1.29, 1.82) is 0 Å². The van der Waals surface area contributed by atoms with E-state index < -0.39 is 0 Å². The second kappa shape index (κ2) is 8.59. The Hall–Kier alpha value is -0.620. The molecular weight excluding hydrogens is 413 g/mol. The summed E-state index contributed by atoms with van der Waals surface area (Å²) in [6.45, 7) is 1.54. The van der Waals surface area contributed by atoms with Crippen molar-refractivity contribution in [2.24, 2.45) is 4.99 Å². The van der Waals surface area contributed by atoms with Gasteiger partial charge in [-0.3, -0.25) is 14.7 Å². The maximum Gasteiger partial charge on any atom is 0.225 e. The van der Waals surface area contributed by atoms with Gasteiger partial charge in [-0.2, -0.15) is 0 Å². The molecular formula is C18H22Cl3N3OS. The summed E-state index contributed by atoms with van der Waals surface area (Å²) in [5.41, 5.74) is 0.574. The van der Waals surface area contributed by atoms with Crippen LogP contribution in [0.25, 0.3) is 0 Å². The summed E-state index contributed by atoms with van der Waals surface area (Å²) >= 11 is 20.3. The molecule has 0 aromatic heterocycles. The molecule has 1 amide bonds. The van der Waals surface area contributed by atoms with Gasteiger partial charge in [0.05, 0.1) is 26.8 Å². The number of benzene rings is 1. The van der Waals surface area contributed by atoms with E-state index in [9.17, 15) is 4.79 Å². The quantitative estimate of drug-likeness (QED) is 0.573. The monoisotopic (exact) mass is 433 g/mol. The molecule has 1 heterocycles. The molecule has 142 valence electrons. The van der Waals surface area contributed by atoms with Gasteiger partial charge in [0.25, 0.3) is 0 Å². The lowest BCUT2D eigenvalue weighted by Gasteiger charge is -2.33. The molecule has 1 unspecified atom stereocenters. The topological polar surface area (TPSA) is 35.9 Å². The Bertz CT molecular complexity index is 722. The number of carbonyl (C=O) groups is 1. The van der Waals surface area contributed by atoms with Gasteiger partial charge in [-0.05, 0) is 25.0 Å². The normalized spacial score (nSPS) is 22.9. The third-order valence-electron chi connectivity index (χ3n) is 4.86. The molecule has 1 aliphatic carbocycles. The Morgan fingerprint density at radius 3 is 2.46 bits per heavy atom. The number of hydrogen-bond donors (Lipinski definition) is 0. The smallest absolute Gasteiger partial charge is 0.225 e. The van der Waals surface area contributed by atoms with Gasteiger partial charge in [0, 0.05) is 19.7 Å². The molecule has 1 saturated carbocycles. The summed E-state index contributed by atoms with van der Waals surface area (Å²) in [6.07, 6.45) is 5.94. The summed E-state index contributed by atoms with van der Waals surface area (Å²) in [5.74, 6) is 0.639. The van der Waals surface area contributed by atoms with E-state index in [0.717, 1.165) is 23.8 Å². The van der Waals surface area contributed by atoms with E-state index in [4.69, 9.17) is 39.8 Å². The average Bonchev–Trinajstić information content (AvgIpc) is 2.94. The first kappa shape index (κ1) is 20.1. The summed E-state index contributed by atoms with van der Waals surface area (Å²) in [7, 11) is 1.98. The fourth-order valence-corrected chi connectivity index (χ4v) is 5.32. The number of halogens is 3. The highest BCUT2D eigenvalue weighted by Gasteiger charge is 2.36. The standard InChI is InChI=1S/C18H22Cl3N3OS/c1-11(25)24(16-9-14(20)13(19)8-15(16)21)17-10-26-18(23(17)2)22-12-6-4-3-5-7-12/h8-9,12,17H,3-7,10H2,1-2H3. The number of carbonyl (C=O) groups excluding carboxylic acids is 1. The van der Waals surface area contributed by atoms with Crippen LogP contribution >= 0.6 is 46.6 Å². The highest BCUT2D eigenvalue weighted by molar-refractivity contribution is 8.14. The lowest BCUT2D eigenvalue weighted by Crippen LogP contribution is -2.48. The number of hydrogen-bond acceptors (Lipinski definition) is 3. The third kappa shape index (κ3) is 4.27. The van der Waals surface area contributed by atoms with Gasteiger partial charge in [0.1, 0.15) is 6.17 Å². The summed E-state index contributed by atoms with van der Waals surface area (Å²) < 4.78 is 0. The largest absolute Gasteiger partial charge is 0.333 e. The molecule has 1 aromatic carbocycles. The van der Waals surface area contributed by atoms with Crippen LogP contribution in [0, 0.1) is 0 Å². The molecule has 8 heteroatoms. The molecule has 1 saturated heterocycles. The van der Waals surface area contributed by atoms with Crippen molar-refractivity contribution >= 4 is 63.3 Å². The van der Waals surface area contributed by atoms with Gasteiger partial charge in [0.2, 0.25) is 5.91 Å². The van der Waals surface area contributed by atoms with Gasteiger partial charge in [-0.1, -0.05) is 65.8 Å². The van der Waals surface area contributed by atoms with E-state index in [1.807, 2.05) is 7.05 Å². The van der Waals surface area contributed by atoms with Crippen LogP contribution in [0.15, 0.2) is 17.1 Å². The zero-order valence-electron chi connectivity index (χ0n) is 14.8. The molecule has 1 atom stereocenters. The summed E-state index contributed by atoms with van der Waals surface area (Å²) in [6, 6.07) is 3.63. The first-order valence-corrected chi connectivity index (χ1v) is 10.9. The molecule has 26 heavy (non-hydrogen) atoms. The number of rotatable bonds is 3. The highest BCUT2D eigenvalue weighted by atomic mass is 35.5. The van der Waals surface area contributed by atoms with Crippen molar-refractivity contribution in [3.05, 3.63) is 27.2 Å². The highest BCUT2D eigenvalue weighted by Crippen LogP contribution is 2.38. The van der Waals surface area contributed by atoms with Crippen LogP contribution in [0.5, 0.6) is 0 Å². The van der Waals surface area contributed by atoms with Gasteiger partial charge in [-0.25, -0.2) is 0 Å². The maximum absolute atomic E-state index is 12.4. The third-order valence-corrected chi connectivity index (χ3v) is 7.01. The zero-order chi connectivity index (χ0) is 18.8. The number of thioether (sulfide) groups is 1. The fraction of sp³-hybridized carbons (Fsp3) is 0.556. The van der Waals surface area contributed by atoms with Crippen LogP contribution in [0.4, 0.5) is 5.69 Å². The number of amides is 1. The molecule has 0 spiro atoms. The van der Waals surface area contributed by atoms with E-state index in [0.29, 0.717) is 26.8 Å². The molecule has 1 aromatic rings. The number of nitrogens with zero attached hydrogens (tertiary/aromatic N) is 3. The molecule has 2 fully saturated rings. The maximum atomic E-state index is 12.4. The lowest BCUT2D eigenvalue weighted by atomic mass is 9.96. The molecule has 1 aliphatic heterocycles. The predicted octanol–water partition coefficient (Wildman–Crippen LogP) is 5.69. The zero-order valence-corrected chi connectivity index (χ0v) is 17.9. The van der Waals surface area contributed by atoms with Gasteiger partial charge in [0.15, 0.2) is 5.17 Å². The van der Waals surface area contributed by atoms with Crippen LogP contribution in [0.2, 0.25) is 15.1 Å². The molecule has 4 nitrogen and oxygen atoms in total. The minimum Gasteiger partial charge on any atom is -0.333 e. The van der Waals surface area contributed by atoms with Crippen molar-refractivity contribution < 1.29 is 4.79 Å². The van der Waals surface area contributed by atoms with E-state index in [1.54, 1.807) is 28.8 Å². The van der Waals surface area contributed by atoms with Gasteiger partial charge >= 0.3 is 0 Å². The Labute approximate surface area is 173 Å². The fourth-order valence-electron chi connectivity index (χ4n) is 3.47. The summed E-state index contributed by atoms with van der Waals surface area (Å²) in [4.78, 5) is 21.1. The molecule has 2 aliphatic rings. The first-order chi connectivity index (χ1) is 12.4. The predicted molar refractivity (Wildman–Crippen MR) is 113 cm³/mol. The van der Waals surface area contributed by atoms with Crippen molar-refractivity contribution in [2.45, 2.75) is 51.2 Å². The Kier molecular flexibility index (Phi) is 6.65. The van der Waals surface area contributed by atoms with Crippen molar-refractivity contribution in [1.82, 2.24) is 4.90 Å². The average molecular weight is 435 g/mol. The molecule has 3 rings (SSSR count). The first-order valence-electron chi connectivity index (χ1n) is 8.76. The second-order valence-electron chi connectivity index (χ2n) is 6.71. The van der Waals surface area contributed by atoms with Crippen LogP contribution in [0.1, 0.15) is 39.0 Å². The van der Waals surface area contributed by atoms with E-state index in [2.05, 4.69) is 4.90 Å². The minimum absolute atomic E-state index is 0.0957. The van der Waals surface area contributed by atoms with Gasteiger partial charge < -0.3 is 4.90 Å². The van der Waals surface area contributed by atoms with E-state index in [-0.39, 0.29) is 12.1 Å². The molecule has 0 bridgehead atoms. The van der Waals surface area contributed by atoms with Crippen molar-refractivity contribution in [3.63, 3.8) is 0 Å². The van der Waals surface area contributed by atoms with Crippen LogP contribution in [-0.2, 0) is 4.79 Å².